The molecule has 0 radical (unpaired) electrons. The molecule has 1 aliphatic rings. The Morgan fingerprint density at radius 1 is 0.523 bits per heavy atom. The van der Waals surface area contributed by atoms with E-state index in [0.29, 0.717) is 38.5 Å². The fraction of sp³-hybridized carbons (Fsp3) is 0.710. The van der Waals surface area contributed by atoms with Gasteiger partial charge in [0.1, 0.15) is 6.61 Å². The van der Waals surface area contributed by atoms with Crippen LogP contribution in [0.3, 0.4) is 0 Å². The maximum Gasteiger partial charge on any atom is 0.317 e. The number of cyclic esters (lactones) is 2. The largest absolute Gasteiger partial charge is 0.481 e. The maximum absolute atomic E-state index is 13.1. The summed E-state index contributed by atoms with van der Waals surface area (Å²) in [6, 6.07) is 0. The molecular formula is C69H110O17. The average molecular weight is 1210 g/mol. The Morgan fingerprint density at radius 3 is 1.63 bits per heavy atom. The minimum atomic E-state index is -1.13. The summed E-state index contributed by atoms with van der Waals surface area (Å²) in [6.07, 6.45) is 48.3. The van der Waals surface area contributed by atoms with Crippen molar-refractivity contribution in [3.05, 3.63) is 72.9 Å². The molecule has 0 aromatic rings. The van der Waals surface area contributed by atoms with Gasteiger partial charge in [-0.2, -0.15) is 0 Å². The first kappa shape index (κ1) is 78.3. The lowest BCUT2D eigenvalue weighted by Crippen LogP contribution is -2.31. The van der Waals surface area contributed by atoms with Gasteiger partial charge in [0.2, 0.25) is 0 Å². The summed E-state index contributed by atoms with van der Waals surface area (Å²) in [6.45, 7) is 5.78. The molecule has 1 heterocycles. The van der Waals surface area contributed by atoms with Crippen molar-refractivity contribution in [2.45, 2.75) is 264 Å². The topological polar surface area (TPSA) is 275 Å². The zero-order chi connectivity index (χ0) is 63.4. The van der Waals surface area contributed by atoms with Gasteiger partial charge in [-0.3, -0.25) is 38.4 Å². The van der Waals surface area contributed by atoms with E-state index in [1.807, 2.05) is 49.5 Å². The van der Waals surface area contributed by atoms with E-state index < -0.39 is 90.7 Å². The molecule has 1 rings (SSSR count). The molecule has 8 atom stereocenters. The van der Waals surface area contributed by atoms with Crippen LogP contribution in [0, 0.1) is 35.5 Å². The Kier molecular flexibility index (Phi) is 47.8. The summed E-state index contributed by atoms with van der Waals surface area (Å²) in [5.74, 6) is -9.28. The van der Waals surface area contributed by atoms with Gasteiger partial charge in [0.15, 0.2) is 12.4 Å². The Labute approximate surface area is 514 Å². The third-order valence-electron chi connectivity index (χ3n) is 15.7. The number of unbranched alkanes of at least 4 members (excludes halogenated alkanes) is 21. The minimum Gasteiger partial charge on any atom is -0.481 e. The fourth-order valence-corrected chi connectivity index (χ4v) is 10.5. The molecule has 0 saturated carbocycles. The third kappa shape index (κ3) is 42.2. The lowest BCUT2D eigenvalue weighted by atomic mass is 9.84. The van der Waals surface area contributed by atoms with Crippen LogP contribution in [0.4, 0.5) is 0 Å². The summed E-state index contributed by atoms with van der Waals surface area (Å²) in [5.41, 5.74) is 0. The minimum absolute atomic E-state index is 0.0190. The number of hydrogen-bond acceptors (Lipinski definition) is 13. The van der Waals surface area contributed by atoms with Crippen LogP contribution < -0.4 is 0 Å². The van der Waals surface area contributed by atoms with Crippen LogP contribution in [-0.2, 0) is 57.3 Å². The molecule has 0 aromatic heterocycles. The number of aliphatic carboxylic acids is 4. The summed E-state index contributed by atoms with van der Waals surface area (Å²) in [7, 11) is 0. The number of rotatable bonds is 57. The predicted octanol–water partition coefficient (Wildman–Crippen LogP) is 15.3. The highest BCUT2D eigenvalue weighted by Gasteiger charge is 2.38. The van der Waals surface area contributed by atoms with Gasteiger partial charge < -0.3 is 44.5 Å². The SMILES string of the molecule is CCCCCCCCC(/C=C/CCCCCCC(=O)OC(COC(=O)CCCCCCC/C=C\C=C\C(CCCCC)C1CC(=O)OC1=O)COC(O)CCCCCCC/C=C\C/C=C\C=C\C(CC)C(CC(=O)O)C(=O)O)C(CC(=O)O)C(=O)O. The summed E-state index contributed by atoms with van der Waals surface area (Å²) < 4.78 is 21.8. The zero-order valence-electron chi connectivity index (χ0n) is 52.6. The van der Waals surface area contributed by atoms with Crippen molar-refractivity contribution in [1.29, 1.82) is 0 Å². The molecule has 17 nitrogen and oxygen atoms in total. The molecule has 0 aromatic carbocycles. The van der Waals surface area contributed by atoms with E-state index in [-0.39, 0.29) is 50.2 Å². The van der Waals surface area contributed by atoms with Gasteiger partial charge in [0.25, 0.3) is 0 Å². The Morgan fingerprint density at radius 2 is 1.03 bits per heavy atom. The highest BCUT2D eigenvalue weighted by molar-refractivity contribution is 5.95. The molecule has 5 N–H and O–H groups in total. The van der Waals surface area contributed by atoms with Crippen molar-refractivity contribution >= 4 is 47.8 Å². The van der Waals surface area contributed by atoms with E-state index in [9.17, 15) is 58.8 Å². The van der Waals surface area contributed by atoms with E-state index in [2.05, 4.69) is 32.1 Å². The summed E-state index contributed by atoms with van der Waals surface area (Å²) in [5, 5.41) is 48.4. The normalized spacial score (nSPS) is 16.3. The van der Waals surface area contributed by atoms with Gasteiger partial charge in [0.05, 0.1) is 43.6 Å². The Balaban J connectivity index is 2.62. The first-order chi connectivity index (χ1) is 41.5. The number of hydrogen-bond donors (Lipinski definition) is 5. The van der Waals surface area contributed by atoms with Crippen molar-refractivity contribution in [2.75, 3.05) is 13.2 Å². The molecule has 488 valence electrons. The second-order valence-corrected chi connectivity index (χ2v) is 23.1. The van der Waals surface area contributed by atoms with Crippen LogP contribution in [0.15, 0.2) is 72.9 Å². The first-order valence-electron chi connectivity index (χ1n) is 32.8. The van der Waals surface area contributed by atoms with Crippen LogP contribution in [-0.4, -0.2) is 98.9 Å². The van der Waals surface area contributed by atoms with Crippen LogP contribution in [0.5, 0.6) is 0 Å². The fourth-order valence-electron chi connectivity index (χ4n) is 10.5. The molecule has 8 unspecified atom stereocenters. The molecular weight excluding hydrogens is 1100 g/mol. The van der Waals surface area contributed by atoms with Gasteiger partial charge in [-0.05, 0) is 108 Å². The molecule has 17 heteroatoms. The van der Waals surface area contributed by atoms with Gasteiger partial charge in [-0.15, -0.1) is 0 Å². The van der Waals surface area contributed by atoms with E-state index in [4.69, 9.17) is 24.1 Å². The number of esters is 4. The molecule has 86 heavy (non-hydrogen) atoms. The average Bonchev–Trinajstić information content (AvgIpc) is 3.47. The number of carbonyl (C=O) groups excluding carboxylic acids is 4. The number of aliphatic hydroxyl groups is 1. The maximum atomic E-state index is 13.1. The molecule has 0 aliphatic carbocycles. The highest BCUT2D eigenvalue weighted by atomic mass is 16.6. The second-order valence-electron chi connectivity index (χ2n) is 23.1. The summed E-state index contributed by atoms with van der Waals surface area (Å²) >= 11 is 0. The van der Waals surface area contributed by atoms with Crippen molar-refractivity contribution in [1.82, 2.24) is 0 Å². The first-order valence-corrected chi connectivity index (χ1v) is 32.8. The van der Waals surface area contributed by atoms with Crippen LogP contribution in [0.2, 0.25) is 0 Å². The molecule has 0 amide bonds. The van der Waals surface area contributed by atoms with E-state index in [1.54, 1.807) is 12.2 Å². The van der Waals surface area contributed by atoms with Crippen molar-refractivity contribution in [2.24, 2.45) is 35.5 Å². The van der Waals surface area contributed by atoms with Gasteiger partial charge in [0, 0.05) is 12.8 Å². The van der Waals surface area contributed by atoms with Gasteiger partial charge >= 0.3 is 47.8 Å². The monoisotopic (exact) mass is 1210 g/mol. The highest BCUT2D eigenvalue weighted by Crippen LogP contribution is 2.30. The van der Waals surface area contributed by atoms with Gasteiger partial charge in [-0.1, -0.05) is 203 Å². The molecule has 1 aliphatic heterocycles. The van der Waals surface area contributed by atoms with E-state index >= 15 is 0 Å². The van der Waals surface area contributed by atoms with Crippen LogP contribution in [0.1, 0.15) is 252 Å². The number of ether oxygens (including phenoxy) is 4. The lowest BCUT2D eigenvalue weighted by molar-refractivity contribution is -0.173. The number of carboxylic acids is 4. The zero-order valence-corrected chi connectivity index (χ0v) is 52.6. The van der Waals surface area contributed by atoms with Gasteiger partial charge in [-0.25, -0.2) is 0 Å². The second kappa shape index (κ2) is 52.4. The third-order valence-corrected chi connectivity index (χ3v) is 15.7. The van der Waals surface area contributed by atoms with Crippen LogP contribution >= 0.6 is 0 Å². The molecule has 1 saturated heterocycles. The van der Waals surface area contributed by atoms with E-state index in [1.165, 1.54) is 0 Å². The Bertz CT molecular complexity index is 2070. The quantitative estimate of drug-likeness (QED) is 0.00720. The van der Waals surface area contributed by atoms with Crippen molar-refractivity contribution in [3.63, 3.8) is 0 Å². The number of carboxylic acid groups (broad SMARTS) is 4. The van der Waals surface area contributed by atoms with Crippen molar-refractivity contribution < 1.29 is 82.8 Å². The smallest absolute Gasteiger partial charge is 0.317 e. The van der Waals surface area contributed by atoms with Crippen molar-refractivity contribution in [3.8, 4) is 0 Å². The molecule has 1 fully saturated rings. The Hall–Kier alpha value is -5.68. The lowest BCUT2D eigenvalue weighted by Gasteiger charge is -2.20. The number of aliphatic hydroxyl groups excluding tert-OH is 1. The number of allylic oxidation sites excluding steroid dienone is 12. The standard InChI is InChI=1S/C69H110O17/c1-4-7-9-10-26-35-43-55(59(68(80)81)50-62(72)73)44-36-29-24-25-32-40-48-65(76)85-57(52-83-63(74)46-38-30-22-18-14-12-11-13-16-20-27-34-41-54(6-3)58(67(78)79)49-61(70)71)53-84-64(75)47-39-31-23-19-15-17-21-28-37-45-56(42-33-8-5-2)60-51-66(77)86-69(60)82/h11,13,20-21,27-28,34,36-37,41,44-45,54-60,63,74H,4-10,12,14-19,22-26,29-33,35,38-40,42-43,46-53H2,1-3H3,(H,70,71)(H,72,73)(H,78,79)(H,80,81)/b13-11-,27-20-,28-21-,41-34+,44-36+,45-37+. The number of carbonyl (C=O) groups is 8. The summed E-state index contributed by atoms with van der Waals surface area (Å²) in [4.78, 5) is 95.9. The predicted molar refractivity (Wildman–Crippen MR) is 333 cm³/mol. The molecule has 0 bridgehead atoms. The van der Waals surface area contributed by atoms with E-state index in [0.717, 1.165) is 161 Å². The molecule has 0 spiro atoms. The van der Waals surface area contributed by atoms with Crippen LogP contribution in [0.25, 0.3) is 0 Å².